The van der Waals surface area contributed by atoms with Gasteiger partial charge in [-0.1, -0.05) is 31.4 Å². The summed E-state index contributed by atoms with van der Waals surface area (Å²) in [7, 11) is 0. The molecule has 9 unspecified atom stereocenters. The second kappa shape index (κ2) is 11.5. The van der Waals surface area contributed by atoms with Crippen molar-refractivity contribution in [2.24, 2.45) is 17.8 Å². The van der Waals surface area contributed by atoms with E-state index in [1.165, 1.54) is 32.1 Å². The number of Topliss-reactive ketones (excluding diaryl/α,β-unsaturated/α-hetero) is 1. The molecule has 1 aromatic carbocycles. The van der Waals surface area contributed by atoms with Crippen molar-refractivity contribution in [3.8, 4) is 0 Å². The molecule has 7 nitrogen and oxygen atoms in total. The Morgan fingerprint density at radius 2 is 1.93 bits per heavy atom. The number of alkyl halides is 1. The van der Waals surface area contributed by atoms with Crippen LogP contribution in [0.25, 0.3) is 15.8 Å². The summed E-state index contributed by atoms with van der Waals surface area (Å²) in [5.74, 6) is 0.936. The fourth-order valence-electron chi connectivity index (χ4n) is 9.18. The Labute approximate surface area is 251 Å². The van der Waals surface area contributed by atoms with E-state index in [1.54, 1.807) is 11.3 Å². The maximum absolute atomic E-state index is 16.2. The van der Waals surface area contributed by atoms with E-state index in [0.29, 0.717) is 11.5 Å². The predicted molar refractivity (Wildman–Crippen MR) is 162 cm³/mol. The number of nitrogens with one attached hydrogen (secondary N) is 1. The van der Waals surface area contributed by atoms with Crippen LogP contribution in [0.1, 0.15) is 56.4 Å². The first-order chi connectivity index (χ1) is 20.7. The highest BCUT2D eigenvalue weighted by atomic mass is 32.1. The lowest BCUT2D eigenvalue weighted by molar-refractivity contribution is -0.213. The first-order valence-corrected chi connectivity index (χ1v) is 17.2. The van der Waals surface area contributed by atoms with Crippen LogP contribution in [0.5, 0.6) is 0 Å². The molecule has 6 aliphatic rings. The number of allylic oxidation sites excluding steroid dienone is 1. The Hall–Kier alpha value is -1.91. The molecule has 9 heteroatoms. The number of carbonyl (C=O) groups excluding carboxylic acids is 1. The highest BCUT2D eigenvalue weighted by Gasteiger charge is 2.60. The highest BCUT2D eigenvalue weighted by molar-refractivity contribution is 7.19. The molecule has 4 heterocycles. The van der Waals surface area contributed by atoms with E-state index in [-0.39, 0.29) is 36.5 Å². The van der Waals surface area contributed by atoms with Gasteiger partial charge in [-0.2, -0.15) is 0 Å². The maximum Gasteiger partial charge on any atom is 0.172 e. The molecular formula is C33H43FN4O3S. The topological polar surface area (TPSA) is 66.9 Å². The van der Waals surface area contributed by atoms with Crippen LogP contribution >= 0.6 is 11.3 Å². The molecule has 2 saturated heterocycles. The number of ketones is 1. The SMILES string of the molecule is O=C1C(c2nc3ccccc3s2)=CN2C3C(CCC4CCCCC43)OC3C(NCCCN4CCOCC4)C(F)CC1C32. The third-order valence-electron chi connectivity index (χ3n) is 11.1. The van der Waals surface area contributed by atoms with E-state index >= 15 is 4.39 Å². The summed E-state index contributed by atoms with van der Waals surface area (Å²) in [5, 5.41) is 4.37. The number of para-hydroxylation sites is 1. The van der Waals surface area contributed by atoms with Crippen LogP contribution in [0.15, 0.2) is 30.5 Å². The molecule has 1 aromatic heterocycles. The molecule has 0 amide bonds. The minimum Gasteiger partial charge on any atom is -0.379 e. The predicted octanol–water partition coefficient (Wildman–Crippen LogP) is 4.67. The van der Waals surface area contributed by atoms with Crippen LogP contribution in [-0.2, 0) is 14.3 Å². The summed E-state index contributed by atoms with van der Waals surface area (Å²) in [4.78, 5) is 24.1. The number of halogens is 1. The van der Waals surface area contributed by atoms with E-state index < -0.39 is 18.1 Å². The number of rotatable bonds is 6. The number of benzene rings is 1. The second-order valence-electron chi connectivity index (χ2n) is 13.4. The molecule has 42 heavy (non-hydrogen) atoms. The number of carbonyl (C=O) groups is 1. The van der Waals surface area contributed by atoms with Gasteiger partial charge in [-0.3, -0.25) is 9.69 Å². The summed E-state index contributed by atoms with van der Waals surface area (Å²) >= 11 is 1.58. The van der Waals surface area contributed by atoms with Crippen LogP contribution in [0.3, 0.4) is 0 Å². The fourth-order valence-corrected chi connectivity index (χ4v) is 10.2. The number of hydrogen-bond acceptors (Lipinski definition) is 8. The van der Waals surface area contributed by atoms with E-state index in [0.717, 1.165) is 73.4 Å². The number of aromatic nitrogens is 1. The first-order valence-electron chi connectivity index (χ1n) is 16.4. The number of ether oxygens (including phenoxy) is 2. The Balaban J connectivity index is 1.11. The van der Waals surface area contributed by atoms with Gasteiger partial charge in [-0.15, -0.1) is 11.3 Å². The molecule has 3 aliphatic heterocycles. The van der Waals surface area contributed by atoms with Gasteiger partial charge in [-0.05, 0) is 69.2 Å². The summed E-state index contributed by atoms with van der Waals surface area (Å²) < 4.78 is 29.7. The van der Waals surface area contributed by atoms with E-state index in [4.69, 9.17) is 14.5 Å². The molecule has 2 aromatic rings. The van der Waals surface area contributed by atoms with Gasteiger partial charge in [0, 0.05) is 25.2 Å². The van der Waals surface area contributed by atoms with E-state index in [9.17, 15) is 4.79 Å². The van der Waals surface area contributed by atoms with Crippen molar-refractivity contribution in [3.05, 3.63) is 35.5 Å². The zero-order valence-electron chi connectivity index (χ0n) is 24.3. The quantitative estimate of drug-likeness (QED) is 0.488. The van der Waals surface area contributed by atoms with Crippen LogP contribution < -0.4 is 5.32 Å². The Morgan fingerprint density at radius 1 is 1.07 bits per heavy atom. The fraction of sp³-hybridized carbons (Fsp3) is 0.697. The van der Waals surface area contributed by atoms with Crippen molar-refractivity contribution in [1.82, 2.24) is 20.1 Å². The van der Waals surface area contributed by atoms with Crippen LogP contribution in [-0.4, -0.2) is 96.5 Å². The third-order valence-corrected chi connectivity index (χ3v) is 12.2. The normalized spacial score (nSPS) is 38.5. The van der Waals surface area contributed by atoms with Crippen LogP contribution in [0.2, 0.25) is 0 Å². The standard InChI is InChI=1S/C33H43FN4O3S/c34-24-18-22-30-32(28(24)35-12-5-13-37-14-16-40-17-15-37)41-26-11-10-20-6-1-2-7-21(20)29(26)38(30)19-23(31(22)39)33-36-25-8-3-4-9-27(25)42-33/h3-4,8-9,19-22,24,26,28-30,32,35H,1-2,5-7,10-18H2. The molecule has 3 aliphatic carbocycles. The molecule has 9 atom stereocenters. The summed E-state index contributed by atoms with van der Waals surface area (Å²) in [6.07, 6.45) is 9.31. The first kappa shape index (κ1) is 27.6. The van der Waals surface area contributed by atoms with Gasteiger partial charge in [0.05, 0.1) is 59.3 Å². The van der Waals surface area contributed by atoms with Gasteiger partial charge in [0.2, 0.25) is 0 Å². The molecule has 1 N–H and O–H groups in total. The summed E-state index contributed by atoms with van der Waals surface area (Å²) in [6.45, 7) is 5.26. The van der Waals surface area contributed by atoms with Gasteiger partial charge in [0.25, 0.3) is 0 Å². The molecule has 0 bridgehead atoms. The van der Waals surface area contributed by atoms with Gasteiger partial charge in [0.1, 0.15) is 11.2 Å². The molecular weight excluding hydrogens is 551 g/mol. The Kier molecular flexibility index (Phi) is 7.59. The van der Waals surface area contributed by atoms with Crippen LogP contribution in [0.4, 0.5) is 4.39 Å². The summed E-state index contributed by atoms with van der Waals surface area (Å²) in [5.41, 5.74) is 1.60. The lowest BCUT2D eigenvalue weighted by atomic mass is 9.63. The zero-order chi connectivity index (χ0) is 28.2. The monoisotopic (exact) mass is 594 g/mol. The van der Waals surface area contributed by atoms with Crippen molar-refractivity contribution in [2.45, 2.75) is 87.9 Å². The highest BCUT2D eigenvalue weighted by Crippen LogP contribution is 2.52. The summed E-state index contributed by atoms with van der Waals surface area (Å²) in [6, 6.07) is 7.81. The van der Waals surface area contributed by atoms with Crippen molar-refractivity contribution < 1.29 is 18.7 Å². The largest absolute Gasteiger partial charge is 0.379 e. The lowest BCUT2D eigenvalue weighted by Crippen LogP contribution is -2.74. The average molecular weight is 595 g/mol. The number of morpholine rings is 2. The van der Waals surface area contributed by atoms with Gasteiger partial charge in [-0.25, -0.2) is 9.37 Å². The van der Waals surface area contributed by atoms with Crippen molar-refractivity contribution >= 4 is 32.9 Å². The van der Waals surface area contributed by atoms with Crippen molar-refractivity contribution in [3.63, 3.8) is 0 Å². The number of hydrogen-bond donors (Lipinski definition) is 1. The third kappa shape index (κ3) is 4.84. The van der Waals surface area contributed by atoms with Crippen molar-refractivity contribution in [1.29, 1.82) is 0 Å². The smallest absolute Gasteiger partial charge is 0.172 e. The van der Waals surface area contributed by atoms with E-state index in [2.05, 4.69) is 27.4 Å². The van der Waals surface area contributed by atoms with Crippen molar-refractivity contribution in [2.75, 3.05) is 39.4 Å². The molecule has 3 saturated carbocycles. The zero-order valence-corrected chi connectivity index (χ0v) is 25.2. The Bertz CT molecular complexity index is 1300. The number of fused-ring (bicyclic) bond motifs is 5. The van der Waals surface area contributed by atoms with E-state index in [1.807, 2.05) is 18.2 Å². The number of thiazole rings is 1. The second-order valence-corrected chi connectivity index (χ2v) is 14.4. The average Bonchev–Trinajstić information content (AvgIpc) is 3.46. The molecule has 0 radical (unpaired) electrons. The lowest BCUT2D eigenvalue weighted by Gasteiger charge is -2.62. The minimum atomic E-state index is -1.12. The van der Waals surface area contributed by atoms with Gasteiger partial charge < -0.3 is 19.7 Å². The molecule has 8 rings (SSSR count). The van der Waals surface area contributed by atoms with Gasteiger partial charge in [0.15, 0.2) is 5.78 Å². The van der Waals surface area contributed by atoms with Gasteiger partial charge >= 0.3 is 0 Å². The minimum absolute atomic E-state index is 0.0479. The Morgan fingerprint density at radius 3 is 2.81 bits per heavy atom. The molecule has 5 fully saturated rings. The maximum atomic E-state index is 16.2. The molecule has 0 spiro atoms. The van der Waals surface area contributed by atoms with Crippen LogP contribution in [0, 0.1) is 17.8 Å². The molecule has 226 valence electrons. The number of nitrogens with zero attached hydrogens (tertiary/aromatic N) is 3.